The Hall–Kier alpha value is -1.47. The fraction of sp³-hybridized carbons (Fsp3) is 0.357. The predicted molar refractivity (Wildman–Crippen MR) is 88.7 cm³/mol. The number of anilines is 1. The van der Waals surface area contributed by atoms with Crippen LogP contribution >= 0.6 is 27.3 Å². The fourth-order valence-electron chi connectivity index (χ4n) is 1.75. The van der Waals surface area contributed by atoms with Gasteiger partial charge in [0.15, 0.2) is 0 Å². The van der Waals surface area contributed by atoms with E-state index in [4.69, 9.17) is 0 Å². The zero-order valence-electron chi connectivity index (χ0n) is 11.9. The summed E-state index contributed by atoms with van der Waals surface area (Å²) in [5.74, 6) is 0.445. The van der Waals surface area contributed by atoms with Crippen LogP contribution in [0.25, 0.3) is 0 Å². The van der Waals surface area contributed by atoms with Gasteiger partial charge in [-0.1, -0.05) is 6.92 Å². The van der Waals surface area contributed by atoms with Crippen molar-refractivity contribution in [3.63, 3.8) is 0 Å². The average Bonchev–Trinajstić information content (AvgIpc) is 2.89. The molecule has 0 saturated heterocycles. The molecule has 0 saturated carbocycles. The van der Waals surface area contributed by atoms with Crippen LogP contribution in [0.4, 0.5) is 5.82 Å². The summed E-state index contributed by atoms with van der Waals surface area (Å²) in [5.41, 5.74) is 1.40. The Bertz CT molecular complexity index is 629. The van der Waals surface area contributed by atoms with Gasteiger partial charge < -0.3 is 10.6 Å². The van der Waals surface area contributed by atoms with Gasteiger partial charge in [0.2, 0.25) is 0 Å². The first kappa shape index (κ1) is 15.9. The molecule has 1 amide bonds. The van der Waals surface area contributed by atoms with Crippen molar-refractivity contribution < 1.29 is 4.79 Å². The van der Waals surface area contributed by atoms with E-state index >= 15 is 0 Å². The van der Waals surface area contributed by atoms with Gasteiger partial charge in [0.05, 0.1) is 22.8 Å². The monoisotopic (exact) mass is 368 g/mol. The maximum absolute atomic E-state index is 12.3. The van der Waals surface area contributed by atoms with Crippen molar-refractivity contribution in [2.45, 2.75) is 26.8 Å². The van der Waals surface area contributed by atoms with E-state index in [9.17, 15) is 4.79 Å². The van der Waals surface area contributed by atoms with Crippen molar-refractivity contribution in [2.24, 2.45) is 0 Å². The van der Waals surface area contributed by atoms with Crippen molar-refractivity contribution in [1.82, 2.24) is 15.3 Å². The number of rotatable bonds is 6. The van der Waals surface area contributed by atoms with E-state index in [-0.39, 0.29) is 5.91 Å². The van der Waals surface area contributed by atoms with Crippen LogP contribution in [-0.2, 0) is 6.54 Å². The molecule has 2 heterocycles. The Labute approximate surface area is 136 Å². The van der Waals surface area contributed by atoms with E-state index in [1.165, 1.54) is 0 Å². The van der Waals surface area contributed by atoms with Gasteiger partial charge in [-0.3, -0.25) is 4.79 Å². The summed E-state index contributed by atoms with van der Waals surface area (Å²) in [7, 11) is 0. The Morgan fingerprint density at radius 2 is 2.29 bits per heavy atom. The van der Waals surface area contributed by atoms with Crippen LogP contribution in [0.2, 0.25) is 0 Å². The minimum absolute atomic E-state index is 0.159. The van der Waals surface area contributed by atoms with Crippen LogP contribution in [0.1, 0.15) is 34.4 Å². The highest BCUT2D eigenvalue weighted by atomic mass is 79.9. The maximum Gasteiger partial charge on any atom is 0.255 e. The number of aromatic nitrogens is 2. The van der Waals surface area contributed by atoms with E-state index in [0.717, 1.165) is 28.1 Å². The summed E-state index contributed by atoms with van der Waals surface area (Å²) < 4.78 is 0.777. The van der Waals surface area contributed by atoms with E-state index in [1.54, 1.807) is 23.6 Å². The molecule has 0 bridgehead atoms. The molecule has 2 aromatic rings. The molecule has 0 aliphatic carbocycles. The first-order chi connectivity index (χ1) is 10.1. The van der Waals surface area contributed by atoms with E-state index in [1.807, 2.05) is 12.3 Å². The number of thiazole rings is 1. The molecule has 0 atom stereocenters. The average molecular weight is 369 g/mol. The highest BCUT2D eigenvalue weighted by Gasteiger charge is 2.13. The lowest BCUT2D eigenvalue weighted by atomic mass is 10.2. The van der Waals surface area contributed by atoms with Crippen LogP contribution in [-0.4, -0.2) is 22.4 Å². The highest BCUT2D eigenvalue weighted by Crippen LogP contribution is 2.18. The van der Waals surface area contributed by atoms with Gasteiger partial charge in [0.25, 0.3) is 5.91 Å². The quantitative estimate of drug-likeness (QED) is 0.820. The van der Waals surface area contributed by atoms with Crippen LogP contribution in [0.15, 0.2) is 22.1 Å². The third-order valence-electron chi connectivity index (χ3n) is 2.74. The molecule has 0 radical (unpaired) electrons. The summed E-state index contributed by atoms with van der Waals surface area (Å²) in [6.07, 6.45) is 2.65. The number of carbonyl (C=O) groups excluding carboxylic acids is 1. The lowest BCUT2D eigenvalue weighted by molar-refractivity contribution is 0.0951. The van der Waals surface area contributed by atoms with Crippen molar-refractivity contribution >= 4 is 39.0 Å². The molecule has 112 valence electrons. The number of carbonyl (C=O) groups is 1. The number of aryl methyl sites for hydroxylation is 1. The number of hydrogen-bond donors (Lipinski definition) is 2. The Morgan fingerprint density at radius 3 is 2.95 bits per heavy atom. The van der Waals surface area contributed by atoms with Gasteiger partial charge in [-0.15, -0.1) is 11.3 Å². The molecule has 7 heteroatoms. The minimum atomic E-state index is -0.159. The second kappa shape index (κ2) is 7.51. The summed E-state index contributed by atoms with van der Waals surface area (Å²) >= 11 is 4.93. The van der Waals surface area contributed by atoms with E-state index < -0.39 is 0 Å². The number of amides is 1. The predicted octanol–water partition coefficient (Wildman–Crippen LogP) is 3.36. The molecule has 2 N–H and O–H groups in total. The molecule has 0 fully saturated rings. The minimum Gasteiger partial charge on any atom is -0.369 e. The van der Waals surface area contributed by atoms with Gasteiger partial charge >= 0.3 is 0 Å². The number of nitrogens with zero attached hydrogens (tertiary/aromatic N) is 2. The molecule has 2 rings (SSSR count). The van der Waals surface area contributed by atoms with E-state index in [0.29, 0.717) is 17.9 Å². The topological polar surface area (TPSA) is 66.9 Å². The number of nitrogens with one attached hydrogen (secondary N) is 2. The molecule has 0 spiro atoms. The molecular formula is C14H17BrN4OS. The lowest BCUT2D eigenvalue weighted by Gasteiger charge is -2.10. The zero-order valence-corrected chi connectivity index (χ0v) is 14.3. The smallest absolute Gasteiger partial charge is 0.255 e. The molecule has 0 unspecified atom stereocenters. The Morgan fingerprint density at radius 1 is 1.48 bits per heavy atom. The van der Waals surface area contributed by atoms with Crippen LogP contribution < -0.4 is 10.6 Å². The lowest BCUT2D eigenvalue weighted by Crippen LogP contribution is -2.24. The second-order valence-electron chi connectivity index (χ2n) is 4.52. The summed E-state index contributed by atoms with van der Waals surface area (Å²) in [5, 5.41) is 8.99. The van der Waals surface area contributed by atoms with Crippen LogP contribution in [0.3, 0.4) is 0 Å². The summed E-state index contributed by atoms with van der Waals surface area (Å²) in [6, 6.07) is 1.77. The zero-order chi connectivity index (χ0) is 15.2. The molecule has 5 nitrogen and oxygen atoms in total. The maximum atomic E-state index is 12.3. The van der Waals surface area contributed by atoms with Crippen molar-refractivity contribution in [3.05, 3.63) is 38.4 Å². The molecular weight excluding hydrogens is 352 g/mol. The van der Waals surface area contributed by atoms with Gasteiger partial charge in [0.1, 0.15) is 5.82 Å². The van der Waals surface area contributed by atoms with Crippen LogP contribution in [0, 0.1) is 6.92 Å². The summed E-state index contributed by atoms with van der Waals surface area (Å²) in [4.78, 5) is 20.9. The Balaban J connectivity index is 2.08. The Kier molecular flexibility index (Phi) is 5.69. The fourth-order valence-corrected chi connectivity index (χ4v) is 2.70. The molecule has 0 aliphatic heterocycles. The number of pyridine rings is 1. The molecule has 21 heavy (non-hydrogen) atoms. The van der Waals surface area contributed by atoms with Gasteiger partial charge in [-0.25, -0.2) is 9.97 Å². The summed E-state index contributed by atoms with van der Waals surface area (Å²) in [6.45, 7) is 5.21. The van der Waals surface area contributed by atoms with E-state index in [2.05, 4.69) is 43.5 Å². The van der Waals surface area contributed by atoms with Gasteiger partial charge in [0, 0.05) is 22.6 Å². The van der Waals surface area contributed by atoms with Crippen molar-refractivity contribution in [1.29, 1.82) is 0 Å². The molecule has 0 aliphatic rings. The SMILES string of the molecule is CCCNc1ncc(Br)cc1C(=O)NCc1csc(C)n1. The normalized spacial score (nSPS) is 10.4. The largest absolute Gasteiger partial charge is 0.369 e. The standard InChI is InChI=1S/C14H17BrN4OS/c1-3-4-16-13-12(5-10(15)6-17-13)14(20)18-7-11-8-21-9(2)19-11/h5-6,8H,3-4,7H2,1-2H3,(H,16,17)(H,18,20). The number of hydrogen-bond acceptors (Lipinski definition) is 5. The third-order valence-corrected chi connectivity index (χ3v) is 3.99. The first-order valence-corrected chi connectivity index (χ1v) is 8.36. The second-order valence-corrected chi connectivity index (χ2v) is 6.49. The van der Waals surface area contributed by atoms with Crippen molar-refractivity contribution in [3.8, 4) is 0 Å². The van der Waals surface area contributed by atoms with Crippen molar-refractivity contribution in [2.75, 3.05) is 11.9 Å². The van der Waals surface area contributed by atoms with Crippen LogP contribution in [0.5, 0.6) is 0 Å². The highest BCUT2D eigenvalue weighted by molar-refractivity contribution is 9.10. The first-order valence-electron chi connectivity index (χ1n) is 6.68. The third kappa shape index (κ3) is 4.50. The number of halogens is 1. The van der Waals surface area contributed by atoms with Gasteiger partial charge in [-0.05, 0) is 35.3 Å². The van der Waals surface area contributed by atoms with Gasteiger partial charge in [-0.2, -0.15) is 0 Å². The molecule has 0 aromatic carbocycles. The molecule has 2 aromatic heterocycles.